The highest BCUT2D eigenvalue weighted by Gasteiger charge is 2.43. The lowest BCUT2D eigenvalue weighted by atomic mass is 9.97. The van der Waals surface area contributed by atoms with Gasteiger partial charge in [-0.2, -0.15) is 0 Å². The molecule has 0 bridgehead atoms. The number of rotatable bonds is 3. The number of aromatic nitrogens is 1. The second-order valence-corrected chi connectivity index (χ2v) is 6.27. The van der Waals surface area contributed by atoms with Gasteiger partial charge in [0.15, 0.2) is 0 Å². The fourth-order valence-electron chi connectivity index (χ4n) is 2.97. The quantitative estimate of drug-likeness (QED) is 0.795. The predicted molar refractivity (Wildman–Crippen MR) is 82.3 cm³/mol. The van der Waals surface area contributed by atoms with Crippen molar-refractivity contribution < 1.29 is 14.7 Å². The molecule has 3 rings (SSSR count). The number of carboxylic acid groups (broad SMARTS) is 1. The van der Waals surface area contributed by atoms with Crippen molar-refractivity contribution >= 4 is 38.7 Å². The Morgan fingerprint density at radius 1 is 1.29 bits per heavy atom. The smallest absolute Gasteiger partial charge is 0.329 e. The van der Waals surface area contributed by atoms with Crippen LogP contribution in [0, 0.1) is 0 Å². The number of aliphatic carboxylic acids is 1. The highest BCUT2D eigenvalue weighted by Crippen LogP contribution is 2.32. The minimum absolute atomic E-state index is 0.350. The van der Waals surface area contributed by atoms with Crippen LogP contribution in [0.1, 0.15) is 36.0 Å². The first-order valence-electron chi connectivity index (χ1n) is 6.85. The number of amides is 1. The molecule has 0 aliphatic heterocycles. The lowest BCUT2D eigenvalue weighted by Crippen LogP contribution is -2.52. The van der Waals surface area contributed by atoms with E-state index in [1.807, 2.05) is 18.2 Å². The number of nitrogens with one attached hydrogen (secondary N) is 2. The van der Waals surface area contributed by atoms with Crippen molar-refractivity contribution in [2.24, 2.45) is 0 Å². The van der Waals surface area contributed by atoms with E-state index in [1.54, 1.807) is 6.20 Å². The monoisotopic (exact) mass is 350 g/mol. The Kier molecular flexibility index (Phi) is 3.49. The summed E-state index contributed by atoms with van der Waals surface area (Å²) >= 11 is 3.43. The van der Waals surface area contributed by atoms with E-state index >= 15 is 0 Å². The van der Waals surface area contributed by atoms with Gasteiger partial charge in [-0.05, 0) is 25.0 Å². The lowest BCUT2D eigenvalue weighted by molar-refractivity contribution is -0.144. The summed E-state index contributed by atoms with van der Waals surface area (Å²) in [6.45, 7) is 0. The maximum Gasteiger partial charge on any atom is 0.329 e. The number of carbonyl (C=O) groups is 2. The number of carbonyl (C=O) groups excluding carboxylic acids is 1. The Balaban J connectivity index is 1.96. The minimum Gasteiger partial charge on any atom is -0.480 e. The normalized spacial score (nSPS) is 17.0. The third-order valence-electron chi connectivity index (χ3n) is 4.12. The maximum absolute atomic E-state index is 12.5. The molecule has 6 heteroatoms. The molecule has 0 radical (unpaired) electrons. The molecule has 1 fully saturated rings. The third-order valence-corrected chi connectivity index (χ3v) is 4.78. The summed E-state index contributed by atoms with van der Waals surface area (Å²) in [5.74, 6) is -1.30. The zero-order valence-corrected chi connectivity index (χ0v) is 12.9. The second kappa shape index (κ2) is 5.18. The van der Waals surface area contributed by atoms with Crippen molar-refractivity contribution in [2.45, 2.75) is 31.2 Å². The molecule has 0 spiro atoms. The molecule has 0 atom stereocenters. The van der Waals surface area contributed by atoms with Gasteiger partial charge in [0.1, 0.15) is 5.54 Å². The molecular formula is C15H15BrN2O3. The number of hydrogen-bond donors (Lipinski definition) is 3. The Morgan fingerprint density at radius 3 is 2.67 bits per heavy atom. The fourth-order valence-corrected chi connectivity index (χ4v) is 3.55. The maximum atomic E-state index is 12.5. The molecule has 3 N–H and O–H groups in total. The van der Waals surface area contributed by atoms with Gasteiger partial charge in [-0.15, -0.1) is 0 Å². The number of benzene rings is 1. The number of hydrogen-bond acceptors (Lipinski definition) is 2. The Hall–Kier alpha value is -1.82. The number of fused-ring (bicyclic) bond motifs is 1. The summed E-state index contributed by atoms with van der Waals surface area (Å²) in [4.78, 5) is 27.1. The zero-order valence-electron chi connectivity index (χ0n) is 11.3. The Bertz CT molecular complexity index is 717. The third kappa shape index (κ3) is 2.33. The Labute approximate surface area is 129 Å². The first kappa shape index (κ1) is 14.1. The first-order chi connectivity index (χ1) is 10.0. The summed E-state index contributed by atoms with van der Waals surface area (Å²) in [6.07, 6.45) is 4.23. The van der Waals surface area contributed by atoms with Crippen LogP contribution in [-0.2, 0) is 4.79 Å². The number of H-pyrrole nitrogens is 1. The molecular weight excluding hydrogens is 336 g/mol. The van der Waals surface area contributed by atoms with Gasteiger partial charge in [0.05, 0.1) is 5.56 Å². The van der Waals surface area contributed by atoms with Gasteiger partial charge < -0.3 is 15.4 Å². The van der Waals surface area contributed by atoms with E-state index in [9.17, 15) is 14.7 Å². The van der Waals surface area contributed by atoms with E-state index in [1.165, 1.54) is 0 Å². The van der Waals surface area contributed by atoms with Crippen molar-refractivity contribution in [1.82, 2.24) is 10.3 Å². The van der Waals surface area contributed by atoms with Gasteiger partial charge in [-0.3, -0.25) is 4.79 Å². The van der Waals surface area contributed by atoms with E-state index in [-0.39, 0.29) is 5.91 Å². The van der Waals surface area contributed by atoms with Crippen molar-refractivity contribution in [3.8, 4) is 0 Å². The first-order valence-corrected chi connectivity index (χ1v) is 7.64. The SMILES string of the molecule is O=C(NC1(C(=O)O)CCCC1)c1c[nH]c2cccc(Br)c12. The van der Waals surface area contributed by atoms with Crippen LogP contribution in [0.5, 0.6) is 0 Å². The van der Waals surface area contributed by atoms with E-state index in [4.69, 9.17) is 0 Å². The molecule has 1 saturated carbocycles. The van der Waals surface area contributed by atoms with Crippen LogP contribution in [0.2, 0.25) is 0 Å². The fraction of sp³-hybridized carbons (Fsp3) is 0.333. The summed E-state index contributed by atoms with van der Waals surface area (Å²) in [5, 5.41) is 13.0. The van der Waals surface area contributed by atoms with Crippen LogP contribution in [0.25, 0.3) is 10.9 Å². The second-order valence-electron chi connectivity index (χ2n) is 5.41. The van der Waals surface area contributed by atoms with Crippen LogP contribution in [-0.4, -0.2) is 27.5 Å². The highest BCUT2D eigenvalue weighted by atomic mass is 79.9. The molecule has 5 nitrogen and oxygen atoms in total. The van der Waals surface area contributed by atoms with Crippen LogP contribution < -0.4 is 5.32 Å². The van der Waals surface area contributed by atoms with Crippen molar-refractivity contribution in [3.05, 3.63) is 34.4 Å². The molecule has 1 heterocycles. The van der Waals surface area contributed by atoms with Crippen molar-refractivity contribution in [2.75, 3.05) is 0 Å². The summed E-state index contributed by atoms with van der Waals surface area (Å²) in [7, 11) is 0. The number of aromatic amines is 1. The molecule has 2 aromatic rings. The van der Waals surface area contributed by atoms with Gasteiger partial charge in [-0.1, -0.05) is 34.8 Å². The molecule has 21 heavy (non-hydrogen) atoms. The standard InChI is InChI=1S/C15H15BrN2O3/c16-10-4-3-5-11-12(10)9(8-17-11)13(19)18-15(14(20)21)6-1-2-7-15/h3-5,8,17H,1-2,6-7H2,(H,18,19)(H,20,21). The van der Waals surface area contributed by atoms with E-state index in [2.05, 4.69) is 26.2 Å². The molecule has 1 amide bonds. The van der Waals surface area contributed by atoms with E-state index in [0.29, 0.717) is 18.4 Å². The van der Waals surface area contributed by atoms with Crippen molar-refractivity contribution in [1.29, 1.82) is 0 Å². The molecule has 1 aromatic heterocycles. The summed E-state index contributed by atoms with van der Waals surface area (Å²) in [6, 6.07) is 5.61. The van der Waals surface area contributed by atoms with Crippen LogP contribution >= 0.6 is 15.9 Å². The Morgan fingerprint density at radius 2 is 2.00 bits per heavy atom. The van der Waals surface area contributed by atoms with Crippen molar-refractivity contribution in [3.63, 3.8) is 0 Å². The molecule has 110 valence electrons. The molecule has 1 aromatic carbocycles. The highest BCUT2D eigenvalue weighted by molar-refractivity contribution is 9.10. The van der Waals surface area contributed by atoms with Crippen LogP contribution in [0.15, 0.2) is 28.9 Å². The summed E-state index contributed by atoms with van der Waals surface area (Å²) in [5.41, 5.74) is 0.178. The van der Waals surface area contributed by atoms with Crippen LogP contribution in [0.4, 0.5) is 0 Å². The molecule has 0 unspecified atom stereocenters. The van der Waals surface area contributed by atoms with Gasteiger partial charge in [0.25, 0.3) is 5.91 Å². The number of halogens is 1. The zero-order chi connectivity index (χ0) is 15.0. The average Bonchev–Trinajstić information content (AvgIpc) is 3.06. The van der Waals surface area contributed by atoms with Gasteiger partial charge in [0, 0.05) is 21.6 Å². The number of carboxylic acids is 1. The van der Waals surface area contributed by atoms with Gasteiger partial charge in [0.2, 0.25) is 0 Å². The lowest BCUT2D eigenvalue weighted by Gasteiger charge is -2.25. The van der Waals surface area contributed by atoms with E-state index in [0.717, 1.165) is 28.2 Å². The molecule has 1 aliphatic carbocycles. The largest absolute Gasteiger partial charge is 0.480 e. The molecule has 1 aliphatic rings. The topological polar surface area (TPSA) is 82.2 Å². The molecule has 0 saturated heterocycles. The average molecular weight is 351 g/mol. The van der Waals surface area contributed by atoms with Gasteiger partial charge >= 0.3 is 5.97 Å². The predicted octanol–water partition coefficient (Wildman–Crippen LogP) is 3.06. The summed E-state index contributed by atoms with van der Waals surface area (Å²) < 4.78 is 0.808. The van der Waals surface area contributed by atoms with E-state index < -0.39 is 11.5 Å². The minimum atomic E-state index is -1.12. The van der Waals surface area contributed by atoms with Gasteiger partial charge in [-0.25, -0.2) is 4.79 Å². The van der Waals surface area contributed by atoms with Crippen LogP contribution in [0.3, 0.4) is 0 Å².